The monoisotopic (exact) mass is 347 g/mol. The van der Waals surface area contributed by atoms with Crippen molar-refractivity contribution >= 4 is 23.4 Å². The van der Waals surface area contributed by atoms with Crippen LogP contribution >= 0.6 is 11.8 Å². The average molecular weight is 347 g/mol. The summed E-state index contributed by atoms with van der Waals surface area (Å²) in [6, 6.07) is 13.5. The topological polar surface area (TPSA) is 56.8 Å². The molecule has 24 heavy (non-hydrogen) atoms. The van der Waals surface area contributed by atoms with Gasteiger partial charge in [0.05, 0.1) is 27.1 Å². The number of methoxy groups -OCH3 is 3. The van der Waals surface area contributed by atoms with Gasteiger partial charge in [0.25, 0.3) is 0 Å². The first-order valence-electron chi connectivity index (χ1n) is 7.39. The van der Waals surface area contributed by atoms with Gasteiger partial charge in [-0.05, 0) is 5.56 Å². The van der Waals surface area contributed by atoms with E-state index in [-0.39, 0.29) is 5.91 Å². The quantitative estimate of drug-likeness (QED) is 0.791. The summed E-state index contributed by atoms with van der Waals surface area (Å²) in [7, 11) is 4.62. The molecule has 2 rings (SSSR count). The minimum absolute atomic E-state index is 0.0785. The Balaban J connectivity index is 1.96. The van der Waals surface area contributed by atoms with E-state index in [1.165, 1.54) is 5.56 Å². The number of carbonyl (C=O) groups excluding carboxylic acids is 1. The van der Waals surface area contributed by atoms with E-state index in [1.807, 2.05) is 30.3 Å². The van der Waals surface area contributed by atoms with Crippen molar-refractivity contribution in [2.75, 3.05) is 32.4 Å². The third kappa shape index (κ3) is 4.83. The summed E-state index contributed by atoms with van der Waals surface area (Å²) in [5.41, 5.74) is 1.80. The summed E-state index contributed by atoms with van der Waals surface area (Å²) in [6.07, 6.45) is 0. The standard InChI is InChI=1S/C18H21NO4S/c1-21-15-9-14(10-16(22-2)18(15)23-3)19-17(20)12-24-11-13-7-5-4-6-8-13/h4-10H,11-12H2,1-3H3,(H,19,20). The van der Waals surface area contributed by atoms with Gasteiger partial charge >= 0.3 is 0 Å². The fraction of sp³-hybridized carbons (Fsp3) is 0.278. The molecule has 2 aromatic carbocycles. The van der Waals surface area contributed by atoms with Crippen molar-refractivity contribution in [1.82, 2.24) is 0 Å². The van der Waals surface area contributed by atoms with Gasteiger partial charge in [-0.1, -0.05) is 30.3 Å². The van der Waals surface area contributed by atoms with Crippen LogP contribution in [-0.2, 0) is 10.5 Å². The second kappa shape index (κ2) is 9.08. The lowest BCUT2D eigenvalue weighted by atomic mass is 10.2. The Labute approximate surface area is 146 Å². The van der Waals surface area contributed by atoms with Crippen molar-refractivity contribution in [3.05, 3.63) is 48.0 Å². The Hall–Kier alpha value is -2.34. The van der Waals surface area contributed by atoms with Crippen LogP contribution in [0.25, 0.3) is 0 Å². The zero-order valence-corrected chi connectivity index (χ0v) is 14.8. The van der Waals surface area contributed by atoms with Crippen LogP contribution in [0.4, 0.5) is 5.69 Å². The lowest BCUT2D eigenvalue weighted by molar-refractivity contribution is -0.113. The predicted octanol–water partition coefficient (Wildman–Crippen LogP) is 3.58. The van der Waals surface area contributed by atoms with Crippen LogP contribution in [0.15, 0.2) is 42.5 Å². The molecule has 1 amide bonds. The van der Waals surface area contributed by atoms with Crippen LogP contribution in [0.5, 0.6) is 17.2 Å². The molecular weight excluding hydrogens is 326 g/mol. The van der Waals surface area contributed by atoms with E-state index in [1.54, 1.807) is 45.2 Å². The lowest BCUT2D eigenvalue weighted by Crippen LogP contribution is -2.14. The van der Waals surface area contributed by atoms with Gasteiger partial charge in [-0.3, -0.25) is 4.79 Å². The van der Waals surface area contributed by atoms with Crippen LogP contribution in [-0.4, -0.2) is 33.0 Å². The number of hydrogen-bond acceptors (Lipinski definition) is 5. The van der Waals surface area contributed by atoms with Gasteiger partial charge in [-0.2, -0.15) is 0 Å². The van der Waals surface area contributed by atoms with Crippen molar-refractivity contribution in [2.24, 2.45) is 0 Å². The molecule has 0 radical (unpaired) electrons. The van der Waals surface area contributed by atoms with Gasteiger partial charge < -0.3 is 19.5 Å². The molecule has 0 saturated heterocycles. The molecule has 0 fully saturated rings. The second-order valence-electron chi connectivity index (χ2n) is 4.94. The smallest absolute Gasteiger partial charge is 0.234 e. The van der Waals surface area contributed by atoms with E-state index < -0.39 is 0 Å². The SMILES string of the molecule is COc1cc(NC(=O)CSCc2ccccc2)cc(OC)c1OC. The Morgan fingerprint density at radius 1 is 1.00 bits per heavy atom. The average Bonchev–Trinajstić information content (AvgIpc) is 2.61. The van der Waals surface area contributed by atoms with Crippen molar-refractivity contribution in [2.45, 2.75) is 5.75 Å². The molecule has 0 saturated carbocycles. The lowest BCUT2D eigenvalue weighted by Gasteiger charge is -2.14. The summed E-state index contributed by atoms with van der Waals surface area (Å²) in [6.45, 7) is 0. The molecule has 0 spiro atoms. The van der Waals surface area contributed by atoms with Gasteiger partial charge in [-0.15, -0.1) is 11.8 Å². The first-order valence-corrected chi connectivity index (χ1v) is 8.55. The van der Waals surface area contributed by atoms with Crippen molar-refractivity contribution in [1.29, 1.82) is 0 Å². The maximum Gasteiger partial charge on any atom is 0.234 e. The van der Waals surface area contributed by atoms with Crippen molar-refractivity contribution in [3.63, 3.8) is 0 Å². The number of hydrogen-bond donors (Lipinski definition) is 1. The zero-order chi connectivity index (χ0) is 17.4. The first-order chi connectivity index (χ1) is 11.7. The van der Waals surface area contributed by atoms with E-state index in [9.17, 15) is 4.79 Å². The van der Waals surface area contributed by atoms with Crippen LogP contribution in [0, 0.1) is 0 Å². The fourth-order valence-electron chi connectivity index (χ4n) is 2.19. The van der Waals surface area contributed by atoms with Crippen molar-refractivity contribution in [3.8, 4) is 17.2 Å². The summed E-state index contributed by atoms with van der Waals surface area (Å²) in [5, 5.41) is 2.85. The summed E-state index contributed by atoms with van der Waals surface area (Å²) < 4.78 is 15.8. The first kappa shape index (κ1) is 18.0. The van der Waals surface area contributed by atoms with Crippen molar-refractivity contribution < 1.29 is 19.0 Å². The highest BCUT2D eigenvalue weighted by atomic mass is 32.2. The second-order valence-corrected chi connectivity index (χ2v) is 5.93. The number of anilines is 1. The molecule has 0 heterocycles. The molecule has 0 unspecified atom stereocenters. The number of ether oxygens (including phenoxy) is 3. The molecule has 0 aliphatic heterocycles. The van der Waals surface area contributed by atoms with Gasteiger partial charge in [0.15, 0.2) is 11.5 Å². The Kier molecular flexibility index (Phi) is 6.81. The number of carbonyl (C=O) groups is 1. The molecule has 0 atom stereocenters. The minimum atomic E-state index is -0.0785. The highest BCUT2D eigenvalue weighted by molar-refractivity contribution is 7.99. The predicted molar refractivity (Wildman–Crippen MR) is 97.3 cm³/mol. The number of nitrogens with one attached hydrogen (secondary N) is 1. The van der Waals surface area contributed by atoms with Gasteiger partial charge in [-0.25, -0.2) is 0 Å². The summed E-state index contributed by atoms with van der Waals surface area (Å²) in [5.74, 6) is 2.59. The Bertz CT molecular complexity index is 651. The molecule has 5 nitrogen and oxygen atoms in total. The maximum absolute atomic E-state index is 12.1. The molecule has 128 valence electrons. The summed E-state index contributed by atoms with van der Waals surface area (Å²) in [4.78, 5) is 12.1. The van der Waals surface area contributed by atoms with Gasteiger partial charge in [0.2, 0.25) is 11.7 Å². The zero-order valence-electron chi connectivity index (χ0n) is 14.0. The van der Waals surface area contributed by atoms with E-state index in [4.69, 9.17) is 14.2 Å². The highest BCUT2D eigenvalue weighted by Gasteiger charge is 2.14. The largest absolute Gasteiger partial charge is 0.493 e. The molecule has 6 heteroatoms. The molecular formula is C18H21NO4S. The van der Waals surface area contributed by atoms with Gasteiger partial charge in [0, 0.05) is 23.6 Å². The van der Waals surface area contributed by atoms with E-state index in [2.05, 4.69) is 5.32 Å². The normalized spacial score (nSPS) is 10.1. The summed E-state index contributed by atoms with van der Waals surface area (Å²) >= 11 is 1.56. The molecule has 0 aliphatic carbocycles. The van der Waals surface area contributed by atoms with Crippen LogP contribution < -0.4 is 19.5 Å². The number of thioether (sulfide) groups is 1. The van der Waals surface area contributed by atoms with Gasteiger partial charge in [0.1, 0.15) is 0 Å². The van der Waals surface area contributed by atoms with Crippen LogP contribution in [0.1, 0.15) is 5.56 Å². The molecule has 1 N–H and O–H groups in total. The fourth-order valence-corrected chi connectivity index (χ4v) is 2.97. The molecule has 0 aromatic heterocycles. The van der Waals surface area contributed by atoms with Crippen LogP contribution in [0.2, 0.25) is 0 Å². The third-order valence-corrected chi connectivity index (χ3v) is 4.30. The third-order valence-electron chi connectivity index (χ3n) is 3.29. The van der Waals surface area contributed by atoms with Crippen LogP contribution in [0.3, 0.4) is 0 Å². The maximum atomic E-state index is 12.1. The van der Waals surface area contributed by atoms with E-state index in [0.717, 1.165) is 5.75 Å². The molecule has 0 bridgehead atoms. The molecule has 0 aliphatic rings. The van der Waals surface area contributed by atoms with E-state index in [0.29, 0.717) is 28.7 Å². The molecule has 2 aromatic rings. The number of benzene rings is 2. The Morgan fingerprint density at radius 3 is 2.17 bits per heavy atom. The minimum Gasteiger partial charge on any atom is -0.493 e. The highest BCUT2D eigenvalue weighted by Crippen LogP contribution is 2.39. The number of amides is 1. The Morgan fingerprint density at radius 2 is 1.62 bits per heavy atom. The number of rotatable bonds is 8. The van der Waals surface area contributed by atoms with E-state index >= 15 is 0 Å².